The largest absolute Gasteiger partial charge is 0.379 e. The van der Waals surface area contributed by atoms with Crippen molar-refractivity contribution in [1.82, 2.24) is 10.2 Å². The molecule has 0 aromatic rings. The Bertz CT molecular complexity index is 364. The highest BCUT2D eigenvalue weighted by Crippen LogP contribution is 2.29. The first-order valence-corrected chi connectivity index (χ1v) is 7.16. The molecule has 3 unspecified atom stereocenters. The smallest absolute Gasteiger partial charge is 0.246 e. The van der Waals surface area contributed by atoms with Crippen LogP contribution in [0.25, 0.3) is 0 Å². The number of amides is 2. The Balaban J connectivity index is 2.19. The number of ether oxygens (including phenoxy) is 1. The fourth-order valence-corrected chi connectivity index (χ4v) is 2.88. The van der Waals surface area contributed by atoms with Gasteiger partial charge in [-0.25, -0.2) is 0 Å². The van der Waals surface area contributed by atoms with Gasteiger partial charge < -0.3 is 15.0 Å². The molecule has 2 aliphatic rings. The maximum Gasteiger partial charge on any atom is 0.246 e. The van der Waals surface area contributed by atoms with Crippen molar-refractivity contribution in [1.29, 1.82) is 0 Å². The summed E-state index contributed by atoms with van der Waals surface area (Å²) in [5, 5.41) is 2.83. The molecule has 2 heterocycles. The van der Waals surface area contributed by atoms with E-state index in [0.717, 1.165) is 25.9 Å². The summed E-state index contributed by atoms with van der Waals surface area (Å²) in [6, 6.07) is -0.384. The number of nitrogens with one attached hydrogen (secondary N) is 1. The number of hydrogen-bond donors (Lipinski definition) is 1. The van der Waals surface area contributed by atoms with Gasteiger partial charge in [-0.1, -0.05) is 20.3 Å². The van der Waals surface area contributed by atoms with E-state index in [1.54, 1.807) is 4.90 Å². The van der Waals surface area contributed by atoms with E-state index < -0.39 is 0 Å². The zero-order chi connectivity index (χ0) is 14.0. The van der Waals surface area contributed by atoms with Crippen molar-refractivity contribution >= 4 is 11.8 Å². The van der Waals surface area contributed by atoms with E-state index in [0.29, 0.717) is 6.61 Å². The normalized spacial score (nSPS) is 34.1. The number of rotatable bonds is 3. The Morgan fingerprint density at radius 3 is 2.84 bits per heavy atom. The SMILES string of the molecule is CCC(C)C1NC(=O)CN(C2(C)CCCOC2)C1=O. The molecule has 2 rings (SSSR count). The standard InChI is InChI=1S/C14H24N2O3/c1-4-10(2)12-13(18)16(8-11(17)15-12)14(3)6-5-7-19-9-14/h10,12H,4-9H2,1-3H3,(H,15,17). The van der Waals surface area contributed by atoms with Gasteiger partial charge in [0.25, 0.3) is 0 Å². The fraction of sp³-hybridized carbons (Fsp3) is 0.857. The summed E-state index contributed by atoms with van der Waals surface area (Å²) in [7, 11) is 0. The Morgan fingerprint density at radius 1 is 1.53 bits per heavy atom. The predicted octanol–water partition coefficient (Wildman–Crippen LogP) is 0.929. The van der Waals surface area contributed by atoms with Crippen molar-refractivity contribution in [2.45, 2.75) is 51.6 Å². The Labute approximate surface area is 114 Å². The van der Waals surface area contributed by atoms with Gasteiger partial charge in [0.15, 0.2) is 0 Å². The van der Waals surface area contributed by atoms with Crippen LogP contribution >= 0.6 is 0 Å². The van der Waals surface area contributed by atoms with Crippen LogP contribution in [0.5, 0.6) is 0 Å². The van der Waals surface area contributed by atoms with Gasteiger partial charge in [-0.3, -0.25) is 9.59 Å². The molecular weight excluding hydrogens is 244 g/mol. The summed E-state index contributed by atoms with van der Waals surface area (Å²) in [5.41, 5.74) is -0.335. The molecular formula is C14H24N2O3. The van der Waals surface area contributed by atoms with Gasteiger partial charge in [0.05, 0.1) is 12.1 Å². The van der Waals surface area contributed by atoms with E-state index in [2.05, 4.69) is 5.32 Å². The molecule has 3 atom stereocenters. The highest BCUT2D eigenvalue weighted by molar-refractivity contribution is 5.95. The number of nitrogens with zero attached hydrogens (tertiary/aromatic N) is 1. The fourth-order valence-electron chi connectivity index (χ4n) is 2.88. The molecule has 0 aromatic heterocycles. The second-order valence-electron chi connectivity index (χ2n) is 6.01. The summed E-state index contributed by atoms with van der Waals surface area (Å²) < 4.78 is 5.52. The van der Waals surface area contributed by atoms with E-state index in [-0.39, 0.29) is 35.9 Å². The summed E-state index contributed by atoms with van der Waals surface area (Å²) >= 11 is 0. The van der Waals surface area contributed by atoms with Crippen LogP contribution in [-0.4, -0.2) is 48.1 Å². The molecule has 0 aromatic carbocycles. The van der Waals surface area contributed by atoms with Crippen molar-refractivity contribution in [3.05, 3.63) is 0 Å². The summed E-state index contributed by atoms with van der Waals surface area (Å²) in [6.07, 6.45) is 2.72. The van der Waals surface area contributed by atoms with E-state index in [9.17, 15) is 9.59 Å². The zero-order valence-electron chi connectivity index (χ0n) is 12.1. The van der Waals surface area contributed by atoms with Crippen LogP contribution in [0.4, 0.5) is 0 Å². The van der Waals surface area contributed by atoms with Crippen LogP contribution < -0.4 is 5.32 Å². The predicted molar refractivity (Wildman–Crippen MR) is 71.6 cm³/mol. The molecule has 0 bridgehead atoms. The minimum Gasteiger partial charge on any atom is -0.379 e. The number of carbonyl (C=O) groups excluding carboxylic acids is 2. The first-order chi connectivity index (χ1) is 8.98. The van der Waals surface area contributed by atoms with Crippen molar-refractivity contribution < 1.29 is 14.3 Å². The minimum absolute atomic E-state index is 0.0435. The van der Waals surface area contributed by atoms with Gasteiger partial charge in [0.2, 0.25) is 11.8 Å². The van der Waals surface area contributed by atoms with E-state index in [4.69, 9.17) is 4.74 Å². The summed E-state index contributed by atoms with van der Waals surface area (Å²) in [5.74, 6) is 0.144. The number of hydrogen-bond acceptors (Lipinski definition) is 3. The van der Waals surface area contributed by atoms with Crippen LogP contribution in [0.15, 0.2) is 0 Å². The lowest BCUT2D eigenvalue weighted by atomic mass is 9.88. The average molecular weight is 268 g/mol. The Morgan fingerprint density at radius 2 is 2.26 bits per heavy atom. The molecule has 19 heavy (non-hydrogen) atoms. The van der Waals surface area contributed by atoms with E-state index >= 15 is 0 Å². The van der Waals surface area contributed by atoms with Crippen molar-refractivity contribution in [2.75, 3.05) is 19.8 Å². The third-order valence-corrected chi connectivity index (χ3v) is 4.43. The van der Waals surface area contributed by atoms with Gasteiger partial charge in [-0.15, -0.1) is 0 Å². The molecule has 2 aliphatic heterocycles. The second kappa shape index (κ2) is 5.49. The third-order valence-electron chi connectivity index (χ3n) is 4.43. The zero-order valence-corrected chi connectivity index (χ0v) is 12.1. The van der Waals surface area contributed by atoms with Gasteiger partial charge in [0, 0.05) is 6.61 Å². The topological polar surface area (TPSA) is 58.6 Å². The molecule has 5 nitrogen and oxygen atoms in total. The Hall–Kier alpha value is -1.10. The lowest BCUT2D eigenvalue weighted by Crippen LogP contribution is -2.67. The van der Waals surface area contributed by atoms with Crippen LogP contribution in [0.3, 0.4) is 0 Å². The monoisotopic (exact) mass is 268 g/mol. The first-order valence-electron chi connectivity index (χ1n) is 7.16. The second-order valence-corrected chi connectivity index (χ2v) is 6.01. The molecule has 5 heteroatoms. The highest BCUT2D eigenvalue weighted by atomic mass is 16.5. The van der Waals surface area contributed by atoms with Crippen LogP contribution in [-0.2, 0) is 14.3 Å². The molecule has 0 saturated carbocycles. The first kappa shape index (κ1) is 14.3. The molecule has 0 radical (unpaired) electrons. The average Bonchev–Trinajstić information content (AvgIpc) is 2.41. The Kier molecular flexibility index (Phi) is 4.13. The summed E-state index contributed by atoms with van der Waals surface area (Å²) in [6.45, 7) is 7.50. The minimum atomic E-state index is -0.384. The lowest BCUT2D eigenvalue weighted by molar-refractivity contribution is -0.157. The van der Waals surface area contributed by atoms with Crippen molar-refractivity contribution in [3.8, 4) is 0 Å². The number of carbonyl (C=O) groups is 2. The molecule has 0 aliphatic carbocycles. The van der Waals surface area contributed by atoms with Gasteiger partial charge in [-0.05, 0) is 25.7 Å². The van der Waals surface area contributed by atoms with Crippen LogP contribution in [0.1, 0.15) is 40.0 Å². The van der Waals surface area contributed by atoms with Gasteiger partial charge in [0.1, 0.15) is 12.6 Å². The lowest BCUT2D eigenvalue weighted by Gasteiger charge is -2.47. The molecule has 2 amide bonds. The maximum absolute atomic E-state index is 12.6. The van der Waals surface area contributed by atoms with E-state index in [1.165, 1.54) is 0 Å². The molecule has 1 N–H and O–H groups in total. The number of piperazine rings is 1. The van der Waals surface area contributed by atoms with E-state index in [1.807, 2.05) is 20.8 Å². The quantitative estimate of drug-likeness (QED) is 0.828. The van der Waals surface area contributed by atoms with Crippen LogP contribution in [0.2, 0.25) is 0 Å². The third kappa shape index (κ3) is 2.76. The van der Waals surface area contributed by atoms with Crippen LogP contribution in [0, 0.1) is 5.92 Å². The molecule has 2 fully saturated rings. The van der Waals surface area contributed by atoms with Crippen molar-refractivity contribution in [3.63, 3.8) is 0 Å². The van der Waals surface area contributed by atoms with Crippen molar-refractivity contribution in [2.24, 2.45) is 5.92 Å². The maximum atomic E-state index is 12.6. The van der Waals surface area contributed by atoms with Gasteiger partial charge >= 0.3 is 0 Å². The molecule has 108 valence electrons. The van der Waals surface area contributed by atoms with Gasteiger partial charge in [-0.2, -0.15) is 0 Å². The summed E-state index contributed by atoms with van der Waals surface area (Å²) in [4.78, 5) is 26.3. The highest BCUT2D eigenvalue weighted by Gasteiger charge is 2.44. The molecule has 2 saturated heterocycles. The molecule has 0 spiro atoms.